The van der Waals surface area contributed by atoms with E-state index in [-0.39, 0.29) is 51.7 Å². The number of amides is 1. The van der Waals surface area contributed by atoms with Crippen molar-refractivity contribution >= 4 is 36.1 Å². The number of anilines is 1. The van der Waals surface area contributed by atoms with Gasteiger partial charge >= 0.3 is 0 Å². The van der Waals surface area contributed by atoms with Gasteiger partial charge in [-0.1, -0.05) is 196 Å². The molecule has 1 saturated heterocycles. The van der Waals surface area contributed by atoms with Crippen LogP contribution in [0.3, 0.4) is 0 Å². The third-order valence-electron chi connectivity index (χ3n) is 14.5. The first-order valence-corrected chi connectivity index (χ1v) is 29.6. The smallest absolute Gasteiger partial charge is 0.300 e. The summed E-state index contributed by atoms with van der Waals surface area (Å²) >= 11 is 0. The van der Waals surface area contributed by atoms with Crippen molar-refractivity contribution in [3.8, 4) is 0 Å². The Bertz CT molecular complexity index is 2830. The summed E-state index contributed by atoms with van der Waals surface area (Å²) in [4.78, 5) is 26.1. The number of carbonyl (C=O) groups excluding carboxylic acids is 1. The molecule has 3 atom stereocenters. The molecular weight excluding hydrogens is 937 g/mol. The van der Waals surface area contributed by atoms with Gasteiger partial charge in [0.15, 0.2) is 8.32 Å². The van der Waals surface area contributed by atoms with Crippen LogP contribution in [0, 0.1) is 0 Å². The monoisotopic (exact) mass is 1010 g/mol. The van der Waals surface area contributed by atoms with E-state index in [1.807, 2.05) is 92.9 Å². The van der Waals surface area contributed by atoms with Gasteiger partial charge in [-0.25, -0.2) is 14.2 Å². The van der Waals surface area contributed by atoms with Crippen molar-refractivity contribution in [2.75, 3.05) is 25.0 Å². The van der Waals surface area contributed by atoms with Crippen LogP contribution in [0.25, 0.3) is 0 Å². The molecule has 72 heavy (non-hydrogen) atoms. The average Bonchev–Trinajstić information content (AvgIpc) is 3.78. The van der Waals surface area contributed by atoms with Crippen LogP contribution in [-0.2, 0) is 40.2 Å². The number of aliphatic imine (C=N–C) groups is 1. The van der Waals surface area contributed by atoms with Gasteiger partial charge < -0.3 is 14.5 Å². The van der Waals surface area contributed by atoms with E-state index in [4.69, 9.17) is 23.3 Å². The third-order valence-corrected chi connectivity index (χ3v) is 20.4. The molecule has 0 radical (unpaired) electrons. The quantitative estimate of drug-likeness (QED) is 0.0552. The second-order valence-electron chi connectivity index (χ2n) is 21.6. The highest BCUT2D eigenvalue weighted by Crippen LogP contribution is 2.47. The molecule has 1 aromatic heterocycles. The number of hydrogen-bond acceptors (Lipinski definition) is 10. The third kappa shape index (κ3) is 10.9. The predicted octanol–water partition coefficient (Wildman–Crippen LogP) is 12.0. The molecule has 2 aliphatic rings. The summed E-state index contributed by atoms with van der Waals surface area (Å²) in [6.45, 7) is 24.6. The van der Waals surface area contributed by atoms with Crippen LogP contribution in [0.4, 0.5) is 5.82 Å². The van der Waals surface area contributed by atoms with Crippen molar-refractivity contribution in [2.45, 2.75) is 134 Å². The molecule has 8 rings (SSSR count). The molecule has 5 aromatic carbocycles. The fraction of sp³-hybridized carbons (Fsp3) is 0.397. The fourth-order valence-corrected chi connectivity index (χ4v) is 12.3. The number of guanidine groups is 1. The molecule has 14 heteroatoms. The van der Waals surface area contributed by atoms with E-state index in [0.29, 0.717) is 36.6 Å². The van der Waals surface area contributed by atoms with Crippen molar-refractivity contribution in [3.05, 3.63) is 184 Å². The Balaban J connectivity index is 1.27. The van der Waals surface area contributed by atoms with Crippen molar-refractivity contribution in [2.24, 2.45) is 4.99 Å². The molecule has 12 nitrogen and oxygen atoms in total. The van der Waals surface area contributed by atoms with Gasteiger partial charge in [0.25, 0.3) is 10.1 Å². The van der Waals surface area contributed by atoms with Crippen molar-refractivity contribution in [1.82, 2.24) is 19.8 Å². The molecule has 2 N–H and O–H groups in total. The standard InChI is InChI=1S/C58H72N6O6SSi/c1-39(2)43-33-48(40(3)4)53(49(34-43)41(5)6)71(66,67)70-55-52-54(61-56(62-55)60-50(65)32-42-24-16-12-17-25-42)64(38-59-52)51-36-63(35-47(69-51)37-68-72(10,11)57(7,8)9)58(44-26-18-13-19-27-44,45-28-20-14-21-29-45)46-30-22-15-23-31-46/h12-31,33-34,38-41,47,51,55H,32,35-37H2,1-11H3,(H2,60,61,62,65)/t47-,51+,55?/m0/s1. The number of nitrogens with zero attached hydrogens (tertiary/aromatic N) is 4. The van der Waals surface area contributed by atoms with E-state index < -0.39 is 42.5 Å². The SMILES string of the molecule is CC(C)c1cc(C(C)C)c(S(=O)(=O)OC2N=C(NC(=O)Cc3ccccc3)Nc3c2ncn3[C@H]2CN(C(c3ccccc3)(c3ccccc3)c3ccccc3)C[C@@H](CO[Si](C)(C)C(C)(C)C)O2)c(C(C)C)c1. The van der Waals surface area contributed by atoms with Crippen LogP contribution in [0.1, 0.15) is 137 Å². The molecule has 380 valence electrons. The summed E-state index contributed by atoms with van der Waals surface area (Å²) in [5, 5.41) is 6.24. The molecular formula is C58H72N6O6SSi. The molecule has 0 bridgehead atoms. The lowest BCUT2D eigenvalue weighted by molar-refractivity contribution is -0.147. The van der Waals surface area contributed by atoms with E-state index >= 15 is 8.42 Å². The Kier molecular flexibility index (Phi) is 15.6. The minimum atomic E-state index is -4.52. The molecule has 1 fully saturated rings. The number of rotatable bonds is 16. The number of nitrogens with one attached hydrogen (secondary N) is 2. The van der Waals surface area contributed by atoms with E-state index in [2.05, 4.69) is 136 Å². The van der Waals surface area contributed by atoms with Crippen LogP contribution < -0.4 is 10.6 Å². The Morgan fingerprint density at radius 1 is 0.778 bits per heavy atom. The molecule has 0 aliphatic carbocycles. The number of ether oxygens (including phenoxy) is 1. The normalized spacial score (nSPS) is 18.0. The fourth-order valence-electron chi connectivity index (χ4n) is 9.60. The summed E-state index contributed by atoms with van der Waals surface area (Å²) < 4.78 is 52.5. The summed E-state index contributed by atoms with van der Waals surface area (Å²) in [6, 6.07) is 45.1. The average molecular weight is 1010 g/mol. The highest BCUT2D eigenvalue weighted by atomic mass is 32.2. The van der Waals surface area contributed by atoms with Gasteiger partial charge in [0.1, 0.15) is 22.6 Å². The minimum Gasteiger partial charge on any atom is -0.414 e. The number of carbonyl (C=O) groups is 1. The first kappa shape index (κ1) is 52.6. The zero-order valence-electron chi connectivity index (χ0n) is 43.7. The lowest BCUT2D eigenvalue weighted by Gasteiger charge is -2.51. The highest BCUT2D eigenvalue weighted by Gasteiger charge is 2.48. The van der Waals surface area contributed by atoms with Crippen LogP contribution in [0.15, 0.2) is 150 Å². The highest BCUT2D eigenvalue weighted by molar-refractivity contribution is 7.86. The molecule has 1 amide bonds. The number of fused-ring (bicyclic) bond motifs is 1. The maximum Gasteiger partial charge on any atom is 0.300 e. The van der Waals surface area contributed by atoms with Crippen LogP contribution in [0.5, 0.6) is 0 Å². The Labute approximate surface area is 428 Å². The van der Waals surface area contributed by atoms with Gasteiger partial charge in [-0.15, -0.1) is 0 Å². The van der Waals surface area contributed by atoms with Gasteiger partial charge in [0.05, 0.1) is 31.0 Å². The summed E-state index contributed by atoms with van der Waals surface area (Å²) in [5.74, 6) is -0.0459. The zero-order valence-corrected chi connectivity index (χ0v) is 45.5. The van der Waals surface area contributed by atoms with Gasteiger partial charge in [-0.3, -0.25) is 19.6 Å². The van der Waals surface area contributed by atoms with E-state index in [9.17, 15) is 4.79 Å². The number of imidazole rings is 1. The van der Waals surface area contributed by atoms with E-state index in [1.165, 1.54) is 0 Å². The van der Waals surface area contributed by atoms with Gasteiger partial charge in [0.2, 0.25) is 18.1 Å². The summed E-state index contributed by atoms with van der Waals surface area (Å²) in [6.07, 6.45) is -0.910. The summed E-state index contributed by atoms with van der Waals surface area (Å²) in [7, 11) is -6.79. The van der Waals surface area contributed by atoms with Crippen molar-refractivity contribution < 1.29 is 26.6 Å². The van der Waals surface area contributed by atoms with Crippen molar-refractivity contribution in [1.29, 1.82) is 0 Å². The second kappa shape index (κ2) is 21.4. The van der Waals surface area contributed by atoms with Gasteiger partial charge in [-0.05, 0) is 74.8 Å². The Hall–Kier alpha value is -5.74. The minimum absolute atomic E-state index is 0.0198. The Morgan fingerprint density at radius 3 is 1.78 bits per heavy atom. The Morgan fingerprint density at radius 2 is 1.29 bits per heavy atom. The largest absolute Gasteiger partial charge is 0.414 e. The predicted molar refractivity (Wildman–Crippen MR) is 289 cm³/mol. The van der Waals surface area contributed by atoms with Crippen LogP contribution in [0.2, 0.25) is 18.1 Å². The maximum atomic E-state index is 15.1. The second-order valence-corrected chi connectivity index (χ2v) is 27.9. The molecule has 3 heterocycles. The van der Waals surface area contributed by atoms with Gasteiger partial charge in [-0.2, -0.15) is 8.42 Å². The lowest BCUT2D eigenvalue weighted by Crippen LogP contribution is -2.58. The maximum absolute atomic E-state index is 15.1. The number of hydrogen-bond donors (Lipinski definition) is 2. The van der Waals surface area contributed by atoms with Crippen molar-refractivity contribution in [3.63, 3.8) is 0 Å². The van der Waals surface area contributed by atoms with Crippen LogP contribution in [-0.4, -0.2) is 68.9 Å². The topological polar surface area (TPSA) is 136 Å². The molecule has 0 spiro atoms. The lowest BCUT2D eigenvalue weighted by atomic mass is 9.75. The molecule has 6 aromatic rings. The number of morpholine rings is 1. The number of aromatic nitrogens is 2. The number of benzene rings is 5. The molecule has 1 unspecified atom stereocenters. The van der Waals surface area contributed by atoms with E-state index in [0.717, 1.165) is 27.8 Å². The molecule has 2 aliphatic heterocycles. The summed E-state index contributed by atoms with van der Waals surface area (Å²) in [5.41, 5.74) is 5.86. The van der Waals surface area contributed by atoms with Crippen LogP contribution >= 0.6 is 0 Å². The molecule has 0 saturated carbocycles. The zero-order chi connectivity index (χ0) is 51.6. The first-order valence-electron chi connectivity index (χ1n) is 25.3. The first-order chi connectivity index (χ1) is 34.2. The van der Waals surface area contributed by atoms with Gasteiger partial charge in [0, 0.05) is 13.1 Å². The van der Waals surface area contributed by atoms with E-state index in [1.54, 1.807) is 6.33 Å².